The fraction of sp³-hybridized carbons (Fsp3) is 0. The summed E-state index contributed by atoms with van der Waals surface area (Å²) in [5.41, 5.74) is 0.141. The van der Waals surface area contributed by atoms with E-state index in [4.69, 9.17) is 10.2 Å². The van der Waals surface area contributed by atoms with Crippen molar-refractivity contribution >= 4 is 18.0 Å². The third kappa shape index (κ3) is 3.43. The molecule has 0 saturated carbocycles. The zero-order valence-corrected chi connectivity index (χ0v) is 7.36. The molecule has 2 N–H and O–H groups in total. The molecule has 0 aliphatic carbocycles. The van der Waals surface area contributed by atoms with Gasteiger partial charge in [0.15, 0.2) is 0 Å². The molecule has 15 heavy (non-hydrogen) atoms. The topological polar surface area (TPSA) is 96.3 Å². The normalized spacial score (nSPS) is 9.07. The zero-order chi connectivity index (χ0) is 11.3. The molecule has 1 rings (SSSR count). The molecule has 0 amide bonds. The van der Waals surface area contributed by atoms with Crippen LogP contribution in [-0.4, -0.2) is 22.5 Å². The molecule has 0 aliphatic heterocycles. The lowest BCUT2D eigenvalue weighted by atomic mass is 10.3. The van der Waals surface area contributed by atoms with E-state index in [0.29, 0.717) is 0 Å². The highest BCUT2D eigenvalue weighted by atomic mass is 17.0. The number of hydrogen-bond donors (Lipinski definition) is 2. The summed E-state index contributed by atoms with van der Waals surface area (Å²) in [6, 6.07) is 7.65. The fourth-order valence-corrected chi connectivity index (χ4v) is 0.816. The van der Waals surface area contributed by atoms with Crippen molar-refractivity contribution in [1.29, 1.82) is 0 Å². The second kappa shape index (κ2) is 4.70. The number of nitrogens with zero attached hydrogens (tertiary/aromatic N) is 1. The number of benzene rings is 1. The standard InChI is InChI=1S/C8H7NO6/c10-7(11)14-9(15-8(12)13)6-4-2-1-3-5-6/h1-5H,(H,10,11)(H,12,13). The summed E-state index contributed by atoms with van der Waals surface area (Å²) in [6.45, 7) is 0. The third-order valence-corrected chi connectivity index (χ3v) is 1.29. The van der Waals surface area contributed by atoms with Crippen LogP contribution in [0.2, 0.25) is 0 Å². The Labute approximate surface area is 84.0 Å². The fourth-order valence-electron chi connectivity index (χ4n) is 0.816. The van der Waals surface area contributed by atoms with E-state index in [9.17, 15) is 9.59 Å². The van der Waals surface area contributed by atoms with Crippen molar-refractivity contribution in [3.8, 4) is 0 Å². The van der Waals surface area contributed by atoms with E-state index in [1.54, 1.807) is 18.2 Å². The summed E-state index contributed by atoms with van der Waals surface area (Å²) in [5.74, 6) is 0. The van der Waals surface area contributed by atoms with Crippen molar-refractivity contribution in [2.45, 2.75) is 0 Å². The summed E-state index contributed by atoms with van der Waals surface area (Å²) >= 11 is 0. The number of hydrogen-bond acceptors (Lipinski definition) is 5. The molecule has 0 bridgehead atoms. The number of anilines is 1. The van der Waals surface area contributed by atoms with Crippen LogP contribution in [0, 0.1) is 0 Å². The molecule has 0 atom stereocenters. The van der Waals surface area contributed by atoms with Crippen molar-refractivity contribution in [2.24, 2.45) is 0 Å². The monoisotopic (exact) mass is 213 g/mol. The highest BCUT2D eigenvalue weighted by molar-refractivity contribution is 5.62. The maximum absolute atomic E-state index is 10.2. The largest absolute Gasteiger partial charge is 0.533 e. The number of carboxylic acid groups (broad SMARTS) is 2. The molecular weight excluding hydrogens is 206 g/mol. The molecular formula is C8H7NO6. The van der Waals surface area contributed by atoms with Crippen LogP contribution in [0.15, 0.2) is 30.3 Å². The van der Waals surface area contributed by atoms with Gasteiger partial charge in [-0.15, -0.1) is 0 Å². The average molecular weight is 213 g/mol. The Balaban J connectivity index is 2.81. The highest BCUT2D eigenvalue weighted by Gasteiger charge is 2.16. The number of para-hydroxylation sites is 1. The van der Waals surface area contributed by atoms with Gasteiger partial charge in [-0.1, -0.05) is 18.2 Å². The first kappa shape index (κ1) is 10.6. The van der Waals surface area contributed by atoms with Gasteiger partial charge in [0.1, 0.15) is 5.69 Å². The molecule has 0 aliphatic rings. The van der Waals surface area contributed by atoms with Gasteiger partial charge in [0, 0.05) is 0 Å². The molecule has 7 nitrogen and oxygen atoms in total. The smallest absolute Gasteiger partial charge is 0.448 e. The van der Waals surface area contributed by atoms with Gasteiger partial charge in [0.2, 0.25) is 0 Å². The van der Waals surface area contributed by atoms with E-state index >= 15 is 0 Å². The van der Waals surface area contributed by atoms with Crippen LogP contribution in [-0.2, 0) is 9.68 Å². The summed E-state index contributed by atoms with van der Waals surface area (Å²) in [6.07, 6.45) is -3.36. The first-order valence-electron chi connectivity index (χ1n) is 3.76. The quantitative estimate of drug-likeness (QED) is 0.737. The number of carbonyl (C=O) groups is 2. The van der Waals surface area contributed by atoms with Crippen LogP contribution >= 0.6 is 0 Å². The Hall–Kier alpha value is -2.44. The molecule has 1 aromatic carbocycles. The van der Waals surface area contributed by atoms with E-state index in [1.165, 1.54) is 12.1 Å². The van der Waals surface area contributed by atoms with Gasteiger partial charge in [-0.25, -0.2) is 9.59 Å². The van der Waals surface area contributed by atoms with Crippen LogP contribution in [0.4, 0.5) is 15.3 Å². The Morgan fingerprint density at radius 1 is 1.00 bits per heavy atom. The van der Waals surface area contributed by atoms with Crippen molar-refractivity contribution in [1.82, 2.24) is 0 Å². The molecule has 0 aromatic heterocycles. The Kier molecular flexibility index (Phi) is 3.33. The van der Waals surface area contributed by atoms with Crippen molar-refractivity contribution in [3.63, 3.8) is 0 Å². The number of rotatable bonds is 3. The van der Waals surface area contributed by atoms with Crippen molar-refractivity contribution in [2.75, 3.05) is 5.23 Å². The lowest BCUT2D eigenvalue weighted by Crippen LogP contribution is -2.28. The zero-order valence-electron chi connectivity index (χ0n) is 7.36. The minimum Gasteiger partial charge on any atom is -0.448 e. The lowest BCUT2D eigenvalue weighted by molar-refractivity contribution is -0.0452. The van der Waals surface area contributed by atoms with Gasteiger partial charge < -0.3 is 10.2 Å². The van der Waals surface area contributed by atoms with Gasteiger partial charge in [0.05, 0.1) is 0 Å². The maximum atomic E-state index is 10.2. The molecule has 0 heterocycles. The molecule has 1 aromatic rings. The minimum atomic E-state index is -1.68. The van der Waals surface area contributed by atoms with Gasteiger partial charge >= 0.3 is 12.3 Å². The Morgan fingerprint density at radius 3 is 1.87 bits per heavy atom. The summed E-state index contributed by atoms with van der Waals surface area (Å²) in [5, 5.41) is 16.9. The molecule has 0 spiro atoms. The summed E-state index contributed by atoms with van der Waals surface area (Å²) in [7, 11) is 0. The molecule has 0 radical (unpaired) electrons. The minimum absolute atomic E-state index is 0.141. The third-order valence-electron chi connectivity index (χ3n) is 1.29. The molecule has 80 valence electrons. The van der Waals surface area contributed by atoms with Gasteiger partial charge in [-0.3, -0.25) is 9.68 Å². The lowest BCUT2D eigenvalue weighted by Gasteiger charge is -2.16. The first-order chi connectivity index (χ1) is 7.09. The van der Waals surface area contributed by atoms with E-state index in [1.807, 2.05) is 0 Å². The van der Waals surface area contributed by atoms with E-state index in [-0.39, 0.29) is 10.9 Å². The molecule has 0 saturated heterocycles. The van der Waals surface area contributed by atoms with E-state index in [2.05, 4.69) is 9.68 Å². The van der Waals surface area contributed by atoms with E-state index in [0.717, 1.165) is 0 Å². The second-order valence-corrected chi connectivity index (χ2v) is 2.31. The summed E-state index contributed by atoms with van der Waals surface area (Å²) < 4.78 is 0. The van der Waals surface area contributed by atoms with Crippen molar-refractivity contribution in [3.05, 3.63) is 30.3 Å². The molecule has 0 fully saturated rings. The van der Waals surface area contributed by atoms with Crippen LogP contribution in [0.5, 0.6) is 0 Å². The molecule has 0 unspecified atom stereocenters. The van der Waals surface area contributed by atoms with Crippen LogP contribution < -0.4 is 5.23 Å². The Bertz CT molecular complexity index is 335. The SMILES string of the molecule is O=C(O)ON(OC(=O)O)c1ccccc1. The Morgan fingerprint density at radius 2 is 1.47 bits per heavy atom. The van der Waals surface area contributed by atoms with Crippen LogP contribution in [0.3, 0.4) is 0 Å². The predicted octanol–water partition coefficient (Wildman–Crippen LogP) is 1.71. The summed E-state index contributed by atoms with van der Waals surface area (Å²) in [4.78, 5) is 28.6. The van der Waals surface area contributed by atoms with Gasteiger partial charge in [-0.05, 0) is 17.4 Å². The predicted molar refractivity (Wildman–Crippen MR) is 47.1 cm³/mol. The van der Waals surface area contributed by atoms with Crippen LogP contribution in [0.25, 0.3) is 0 Å². The second-order valence-electron chi connectivity index (χ2n) is 2.31. The molecule has 7 heteroatoms. The highest BCUT2D eigenvalue weighted by Crippen LogP contribution is 2.14. The van der Waals surface area contributed by atoms with Gasteiger partial charge in [0.25, 0.3) is 0 Å². The van der Waals surface area contributed by atoms with E-state index < -0.39 is 12.3 Å². The van der Waals surface area contributed by atoms with Crippen LogP contribution in [0.1, 0.15) is 0 Å². The van der Waals surface area contributed by atoms with Gasteiger partial charge in [-0.2, -0.15) is 0 Å². The van der Waals surface area contributed by atoms with Crippen molar-refractivity contribution < 1.29 is 29.5 Å². The average Bonchev–Trinajstić information content (AvgIpc) is 2.17. The maximum Gasteiger partial charge on any atom is 0.533 e. The first-order valence-corrected chi connectivity index (χ1v) is 3.76.